The fourth-order valence-electron chi connectivity index (χ4n) is 1.56. The molecule has 76 valence electrons. The average molecular weight is 199 g/mol. The molecule has 0 aliphatic rings. The van der Waals surface area contributed by atoms with Gasteiger partial charge in [0.05, 0.1) is 5.69 Å². The Hall–Kier alpha value is -1.90. The molecule has 1 heterocycles. The Labute approximate surface area is 89.0 Å². The molecule has 0 saturated heterocycles. The zero-order valence-electron chi connectivity index (χ0n) is 8.64. The van der Waals surface area contributed by atoms with Gasteiger partial charge in [0.25, 0.3) is 0 Å². The zero-order chi connectivity index (χ0) is 10.7. The van der Waals surface area contributed by atoms with Crippen LogP contribution in [0.3, 0.4) is 0 Å². The van der Waals surface area contributed by atoms with Gasteiger partial charge >= 0.3 is 0 Å². The highest BCUT2D eigenvalue weighted by Crippen LogP contribution is 2.21. The standard InChI is InChI=1S/C12H13N3/c1-2-9-5-3-4-6-10(9)11-7-8-12(13)15-14-11/h3-8H,2H2,1H3,(H2,13,15). The number of anilines is 1. The van der Waals surface area contributed by atoms with Crippen LogP contribution in [-0.2, 0) is 6.42 Å². The van der Waals surface area contributed by atoms with Crippen LogP contribution in [-0.4, -0.2) is 10.2 Å². The van der Waals surface area contributed by atoms with Crippen LogP contribution in [0, 0.1) is 0 Å². The molecule has 2 aromatic rings. The van der Waals surface area contributed by atoms with Crippen LogP contribution in [0.1, 0.15) is 12.5 Å². The monoisotopic (exact) mass is 199 g/mol. The summed E-state index contributed by atoms with van der Waals surface area (Å²) >= 11 is 0. The molecule has 0 aliphatic carbocycles. The minimum atomic E-state index is 0.452. The van der Waals surface area contributed by atoms with E-state index in [9.17, 15) is 0 Å². The highest BCUT2D eigenvalue weighted by molar-refractivity contribution is 5.63. The van der Waals surface area contributed by atoms with Crippen molar-refractivity contribution in [3.05, 3.63) is 42.0 Å². The first kappa shape index (κ1) is 9.65. The Bertz CT molecular complexity index is 449. The van der Waals surface area contributed by atoms with Crippen molar-refractivity contribution in [1.82, 2.24) is 10.2 Å². The number of nitrogens with zero attached hydrogens (tertiary/aromatic N) is 2. The lowest BCUT2D eigenvalue weighted by Crippen LogP contribution is -1.95. The molecule has 2 N–H and O–H groups in total. The lowest BCUT2D eigenvalue weighted by atomic mass is 10.0. The van der Waals surface area contributed by atoms with Crippen LogP contribution in [0.5, 0.6) is 0 Å². The number of nitrogen functional groups attached to an aromatic ring is 1. The Morgan fingerprint density at radius 2 is 1.87 bits per heavy atom. The van der Waals surface area contributed by atoms with Crippen molar-refractivity contribution in [2.75, 3.05) is 5.73 Å². The summed E-state index contributed by atoms with van der Waals surface area (Å²) in [6.07, 6.45) is 0.988. The number of benzene rings is 1. The summed E-state index contributed by atoms with van der Waals surface area (Å²) in [4.78, 5) is 0. The number of aromatic nitrogens is 2. The Morgan fingerprint density at radius 1 is 1.07 bits per heavy atom. The smallest absolute Gasteiger partial charge is 0.146 e. The molecule has 1 aromatic carbocycles. The highest BCUT2D eigenvalue weighted by atomic mass is 15.1. The van der Waals surface area contributed by atoms with Crippen molar-refractivity contribution in [1.29, 1.82) is 0 Å². The van der Waals surface area contributed by atoms with E-state index >= 15 is 0 Å². The van der Waals surface area contributed by atoms with E-state index in [0.717, 1.165) is 17.7 Å². The van der Waals surface area contributed by atoms with Gasteiger partial charge in [-0.2, -0.15) is 0 Å². The van der Waals surface area contributed by atoms with Crippen LogP contribution < -0.4 is 5.73 Å². The van der Waals surface area contributed by atoms with E-state index in [4.69, 9.17) is 5.73 Å². The molecule has 15 heavy (non-hydrogen) atoms. The molecule has 0 atom stereocenters. The SMILES string of the molecule is CCc1ccccc1-c1ccc(N)nn1. The first-order valence-corrected chi connectivity index (χ1v) is 4.98. The third-order valence-electron chi connectivity index (χ3n) is 2.36. The number of rotatable bonds is 2. The van der Waals surface area contributed by atoms with Gasteiger partial charge in [0.1, 0.15) is 5.82 Å². The summed E-state index contributed by atoms with van der Waals surface area (Å²) in [5, 5.41) is 7.94. The van der Waals surface area contributed by atoms with Gasteiger partial charge in [-0.1, -0.05) is 31.2 Å². The van der Waals surface area contributed by atoms with Crippen LogP contribution in [0.2, 0.25) is 0 Å². The summed E-state index contributed by atoms with van der Waals surface area (Å²) in [7, 11) is 0. The minimum absolute atomic E-state index is 0.452. The summed E-state index contributed by atoms with van der Waals surface area (Å²) in [6.45, 7) is 2.13. The van der Waals surface area contributed by atoms with E-state index in [1.807, 2.05) is 18.2 Å². The second-order valence-electron chi connectivity index (χ2n) is 3.35. The van der Waals surface area contributed by atoms with Crippen molar-refractivity contribution in [3.63, 3.8) is 0 Å². The van der Waals surface area contributed by atoms with E-state index in [-0.39, 0.29) is 0 Å². The minimum Gasteiger partial charge on any atom is -0.382 e. The molecule has 0 spiro atoms. The van der Waals surface area contributed by atoms with E-state index in [0.29, 0.717) is 5.82 Å². The molecule has 0 fully saturated rings. The molecule has 0 amide bonds. The third kappa shape index (κ3) is 1.96. The van der Waals surface area contributed by atoms with E-state index in [2.05, 4.69) is 29.3 Å². The maximum absolute atomic E-state index is 5.50. The molecule has 2 rings (SSSR count). The quantitative estimate of drug-likeness (QED) is 0.807. The molecular weight excluding hydrogens is 186 g/mol. The maximum atomic E-state index is 5.50. The van der Waals surface area contributed by atoms with E-state index < -0.39 is 0 Å². The second kappa shape index (κ2) is 4.09. The van der Waals surface area contributed by atoms with Gasteiger partial charge < -0.3 is 5.73 Å². The Morgan fingerprint density at radius 3 is 2.53 bits per heavy atom. The number of aryl methyl sites for hydroxylation is 1. The Balaban J connectivity index is 2.49. The summed E-state index contributed by atoms with van der Waals surface area (Å²) in [6, 6.07) is 11.9. The first-order chi connectivity index (χ1) is 7.31. The van der Waals surface area contributed by atoms with Gasteiger partial charge in [-0.3, -0.25) is 0 Å². The molecule has 0 saturated carbocycles. The fourth-order valence-corrected chi connectivity index (χ4v) is 1.56. The van der Waals surface area contributed by atoms with Gasteiger partial charge in [0.2, 0.25) is 0 Å². The van der Waals surface area contributed by atoms with Crippen LogP contribution >= 0.6 is 0 Å². The van der Waals surface area contributed by atoms with E-state index in [1.54, 1.807) is 6.07 Å². The molecule has 0 bridgehead atoms. The van der Waals surface area contributed by atoms with Crippen molar-refractivity contribution in [2.45, 2.75) is 13.3 Å². The number of hydrogen-bond donors (Lipinski definition) is 1. The molecule has 3 heteroatoms. The molecule has 1 aromatic heterocycles. The first-order valence-electron chi connectivity index (χ1n) is 4.98. The largest absolute Gasteiger partial charge is 0.382 e. The van der Waals surface area contributed by atoms with Gasteiger partial charge in [0, 0.05) is 5.56 Å². The van der Waals surface area contributed by atoms with Crippen LogP contribution in [0.25, 0.3) is 11.3 Å². The highest BCUT2D eigenvalue weighted by Gasteiger charge is 2.04. The number of hydrogen-bond acceptors (Lipinski definition) is 3. The third-order valence-corrected chi connectivity index (χ3v) is 2.36. The molecule has 0 radical (unpaired) electrons. The van der Waals surface area contributed by atoms with Crippen LogP contribution in [0.15, 0.2) is 36.4 Å². The van der Waals surface area contributed by atoms with E-state index in [1.165, 1.54) is 5.56 Å². The normalized spacial score (nSPS) is 10.2. The summed E-state index contributed by atoms with van der Waals surface area (Å²) < 4.78 is 0. The average Bonchev–Trinajstić information content (AvgIpc) is 2.30. The maximum Gasteiger partial charge on any atom is 0.146 e. The molecule has 3 nitrogen and oxygen atoms in total. The van der Waals surface area contributed by atoms with Crippen molar-refractivity contribution in [3.8, 4) is 11.3 Å². The molecule has 0 aliphatic heterocycles. The van der Waals surface area contributed by atoms with Crippen molar-refractivity contribution >= 4 is 5.82 Å². The van der Waals surface area contributed by atoms with Gasteiger partial charge in [-0.25, -0.2) is 0 Å². The lowest BCUT2D eigenvalue weighted by molar-refractivity contribution is 1.04. The predicted molar refractivity (Wildman–Crippen MR) is 61.3 cm³/mol. The molecule has 0 unspecified atom stereocenters. The fraction of sp³-hybridized carbons (Fsp3) is 0.167. The van der Waals surface area contributed by atoms with Crippen LogP contribution in [0.4, 0.5) is 5.82 Å². The van der Waals surface area contributed by atoms with Gasteiger partial charge in [-0.15, -0.1) is 10.2 Å². The van der Waals surface area contributed by atoms with Crippen molar-refractivity contribution < 1.29 is 0 Å². The second-order valence-corrected chi connectivity index (χ2v) is 3.35. The summed E-state index contributed by atoms with van der Waals surface area (Å²) in [5.41, 5.74) is 8.78. The Kier molecular flexibility index (Phi) is 2.63. The van der Waals surface area contributed by atoms with Gasteiger partial charge in [-0.05, 0) is 24.1 Å². The van der Waals surface area contributed by atoms with Gasteiger partial charge in [0.15, 0.2) is 0 Å². The van der Waals surface area contributed by atoms with Crippen molar-refractivity contribution in [2.24, 2.45) is 0 Å². The topological polar surface area (TPSA) is 51.8 Å². The summed E-state index contributed by atoms with van der Waals surface area (Å²) in [5.74, 6) is 0.452. The lowest BCUT2D eigenvalue weighted by Gasteiger charge is -2.05. The zero-order valence-corrected chi connectivity index (χ0v) is 8.64. The molecular formula is C12H13N3. The number of nitrogens with two attached hydrogens (primary N) is 1. The predicted octanol–water partition coefficient (Wildman–Crippen LogP) is 2.29.